The van der Waals surface area contributed by atoms with Gasteiger partial charge in [-0.2, -0.15) is 0 Å². The van der Waals surface area contributed by atoms with E-state index >= 15 is 0 Å². The fourth-order valence-electron chi connectivity index (χ4n) is 8.23. The van der Waals surface area contributed by atoms with Crippen LogP contribution in [0.3, 0.4) is 0 Å². The topological polar surface area (TPSA) is 132 Å². The van der Waals surface area contributed by atoms with E-state index in [9.17, 15) is 24.9 Å². The van der Waals surface area contributed by atoms with E-state index in [1.165, 1.54) is 0 Å². The van der Waals surface area contributed by atoms with E-state index in [4.69, 9.17) is 18.9 Å². The van der Waals surface area contributed by atoms with Crippen molar-refractivity contribution in [1.82, 2.24) is 0 Å². The molecular weight excluding hydrogens is 384 g/mol. The summed E-state index contributed by atoms with van der Waals surface area (Å²) in [4.78, 5) is 25.9. The zero-order chi connectivity index (χ0) is 20.9. The molecule has 2 spiro atoms. The van der Waals surface area contributed by atoms with E-state index in [-0.39, 0.29) is 12.5 Å². The number of aliphatic hydroxyl groups excluding tert-OH is 2. The largest absolute Gasteiger partial charge is 0.459 e. The normalized spacial score (nSPS) is 62.0. The summed E-state index contributed by atoms with van der Waals surface area (Å²) < 4.78 is 23.2. The number of esters is 2. The van der Waals surface area contributed by atoms with E-state index in [1.807, 2.05) is 20.8 Å². The summed E-state index contributed by atoms with van der Waals surface area (Å²) in [5.41, 5.74) is -7.28. The summed E-state index contributed by atoms with van der Waals surface area (Å²) in [6.45, 7) is 7.77. The van der Waals surface area contributed by atoms with Gasteiger partial charge in [-0.15, -0.1) is 0 Å². The van der Waals surface area contributed by atoms with Gasteiger partial charge in [0, 0.05) is 5.92 Å². The molecule has 4 saturated heterocycles. The predicted molar refractivity (Wildman–Crippen MR) is 91.9 cm³/mol. The number of aliphatic hydroxyl groups is 3. The maximum absolute atomic E-state index is 13.4. The van der Waals surface area contributed by atoms with Gasteiger partial charge in [0.25, 0.3) is 0 Å². The van der Waals surface area contributed by atoms with Gasteiger partial charge in [-0.1, -0.05) is 27.7 Å². The Labute approximate surface area is 167 Å². The highest BCUT2D eigenvalue weighted by Crippen LogP contribution is 2.84. The van der Waals surface area contributed by atoms with Crippen LogP contribution in [0.25, 0.3) is 0 Å². The summed E-state index contributed by atoms with van der Waals surface area (Å²) in [6.07, 6.45) is -5.87. The molecule has 0 amide bonds. The van der Waals surface area contributed by atoms with E-state index in [1.54, 1.807) is 6.92 Å². The Kier molecular flexibility index (Phi) is 2.97. The van der Waals surface area contributed by atoms with Gasteiger partial charge < -0.3 is 34.3 Å². The van der Waals surface area contributed by atoms with E-state index in [2.05, 4.69) is 0 Å². The number of fused-ring (bicyclic) bond motifs is 1. The summed E-state index contributed by atoms with van der Waals surface area (Å²) in [7, 11) is 0. The van der Waals surface area contributed by atoms with Crippen molar-refractivity contribution in [3.05, 3.63) is 0 Å². The van der Waals surface area contributed by atoms with Crippen molar-refractivity contribution in [2.45, 2.75) is 76.0 Å². The minimum Gasteiger partial charge on any atom is -0.459 e. The van der Waals surface area contributed by atoms with Gasteiger partial charge >= 0.3 is 11.9 Å². The third-order valence-corrected chi connectivity index (χ3v) is 9.02. The van der Waals surface area contributed by atoms with Crippen molar-refractivity contribution in [2.75, 3.05) is 6.61 Å². The fourth-order valence-corrected chi connectivity index (χ4v) is 8.23. The standard InChI is InChI=1S/C20H26O9/c1-7-6-26-12-10(21)18-9-5-8(16(2,3)4)17(18)11(22)13(23)28-15(17)29-20(18,14(24)27-9)19(7,12)25/h7-12,15,21-22,25H,5-6H2,1-4H3/t7-,8?,9?,10+,11+,12?,15?,17?,18?,19-,20?/m1/s1. The van der Waals surface area contributed by atoms with Crippen LogP contribution in [-0.2, 0) is 28.5 Å². The van der Waals surface area contributed by atoms with Crippen LogP contribution in [0.2, 0.25) is 0 Å². The van der Waals surface area contributed by atoms with Crippen molar-refractivity contribution in [2.24, 2.45) is 28.1 Å². The summed E-state index contributed by atoms with van der Waals surface area (Å²) >= 11 is 0. The van der Waals surface area contributed by atoms with Gasteiger partial charge in [0.1, 0.15) is 17.8 Å². The molecule has 2 saturated carbocycles. The molecule has 2 aliphatic carbocycles. The third-order valence-electron chi connectivity index (χ3n) is 9.02. The molecule has 11 atom stereocenters. The molecule has 6 fully saturated rings. The summed E-state index contributed by atoms with van der Waals surface area (Å²) in [5, 5.41) is 34.8. The molecule has 0 aromatic carbocycles. The molecular formula is C20H26O9. The molecule has 4 aliphatic heterocycles. The Morgan fingerprint density at radius 1 is 1.14 bits per heavy atom. The first-order valence-electron chi connectivity index (χ1n) is 10.2. The molecule has 0 aromatic rings. The van der Waals surface area contributed by atoms with Crippen LogP contribution >= 0.6 is 0 Å². The zero-order valence-electron chi connectivity index (χ0n) is 16.7. The van der Waals surface area contributed by atoms with Gasteiger partial charge in [0.05, 0.1) is 23.5 Å². The van der Waals surface area contributed by atoms with E-state index in [0.29, 0.717) is 6.42 Å². The van der Waals surface area contributed by atoms with Crippen molar-refractivity contribution < 1.29 is 43.9 Å². The first-order chi connectivity index (χ1) is 13.4. The smallest absolute Gasteiger partial charge is 0.342 e. The van der Waals surface area contributed by atoms with Crippen LogP contribution in [0, 0.1) is 28.1 Å². The number of rotatable bonds is 0. The molecule has 9 heteroatoms. The zero-order valence-corrected chi connectivity index (χ0v) is 16.7. The van der Waals surface area contributed by atoms with E-state index in [0.717, 1.165) is 0 Å². The van der Waals surface area contributed by atoms with Crippen molar-refractivity contribution in [1.29, 1.82) is 0 Å². The highest BCUT2D eigenvalue weighted by Gasteiger charge is 3.03. The average molecular weight is 410 g/mol. The van der Waals surface area contributed by atoms with Crippen LogP contribution in [0.4, 0.5) is 0 Å². The lowest BCUT2D eigenvalue weighted by Crippen LogP contribution is -2.67. The Bertz CT molecular complexity index is 851. The molecule has 4 heterocycles. The van der Waals surface area contributed by atoms with Gasteiger partial charge in [-0.3, -0.25) is 0 Å². The summed E-state index contributed by atoms with van der Waals surface area (Å²) in [5.74, 6) is -2.55. The molecule has 0 radical (unpaired) electrons. The van der Waals surface area contributed by atoms with Gasteiger partial charge in [-0.25, -0.2) is 9.59 Å². The maximum atomic E-state index is 13.4. The lowest BCUT2D eigenvalue weighted by atomic mass is 9.51. The molecule has 7 unspecified atom stereocenters. The fraction of sp³-hybridized carbons (Fsp3) is 0.900. The van der Waals surface area contributed by atoms with Gasteiger partial charge in [0.2, 0.25) is 11.9 Å². The van der Waals surface area contributed by atoms with Gasteiger partial charge in [-0.05, 0) is 17.8 Å². The number of carbonyl (C=O) groups excluding carboxylic acids is 2. The molecule has 0 aromatic heterocycles. The van der Waals surface area contributed by atoms with Crippen LogP contribution in [0.15, 0.2) is 0 Å². The minimum atomic E-state index is -1.98. The summed E-state index contributed by atoms with van der Waals surface area (Å²) in [6, 6.07) is 0. The molecule has 9 nitrogen and oxygen atoms in total. The maximum Gasteiger partial charge on any atom is 0.342 e. The first-order valence-corrected chi connectivity index (χ1v) is 10.2. The lowest BCUT2D eigenvalue weighted by molar-refractivity contribution is -0.239. The highest BCUT2D eigenvalue weighted by atomic mass is 16.8. The number of carbonyl (C=O) groups is 2. The monoisotopic (exact) mass is 410 g/mol. The molecule has 3 N–H and O–H groups in total. The molecule has 29 heavy (non-hydrogen) atoms. The second kappa shape index (κ2) is 4.65. The Morgan fingerprint density at radius 2 is 1.83 bits per heavy atom. The predicted octanol–water partition coefficient (Wildman–Crippen LogP) is -0.896. The SMILES string of the molecule is C[C@@H]1COC2[C@H](O)C34C5CC(C(C)(C)C)C36C(OC(=O)[C@@H]6O)OC4(C(=O)O5)[C@]21O. The molecule has 160 valence electrons. The lowest BCUT2D eigenvalue weighted by Gasteiger charge is -2.47. The second-order valence-electron chi connectivity index (χ2n) is 10.7. The first kappa shape index (κ1) is 18.5. The Hall–Kier alpha value is -1.26. The average Bonchev–Trinajstić information content (AvgIpc) is 3.34. The van der Waals surface area contributed by atoms with Crippen LogP contribution in [-0.4, -0.2) is 75.8 Å². The number of hydrogen-bond acceptors (Lipinski definition) is 9. The Morgan fingerprint density at radius 3 is 2.48 bits per heavy atom. The second-order valence-corrected chi connectivity index (χ2v) is 10.7. The van der Waals surface area contributed by atoms with Gasteiger partial charge in [0.15, 0.2) is 6.10 Å². The minimum absolute atomic E-state index is 0.139. The van der Waals surface area contributed by atoms with E-state index < -0.39 is 76.0 Å². The van der Waals surface area contributed by atoms with Crippen molar-refractivity contribution in [3.8, 4) is 0 Å². The quantitative estimate of drug-likeness (QED) is 0.435. The molecule has 6 aliphatic rings. The number of ether oxygens (including phenoxy) is 4. The van der Waals surface area contributed by atoms with Crippen molar-refractivity contribution >= 4 is 11.9 Å². The van der Waals surface area contributed by atoms with Crippen LogP contribution in [0.5, 0.6) is 0 Å². The number of hydrogen-bond donors (Lipinski definition) is 3. The molecule has 0 bridgehead atoms. The molecule has 6 rings (SSSR count). The third kappa shape index (κ3) is 1.36. The Balaban J connectivity index is 1.72. The van der Waals surface area contributed by atoms with Crippen molar-refractivity contribution in [3.63, 3.8) is 0 Å². The van der Waals surface area contributed by atoms with Crippen LogP contribution < -0.4 is 0 Å². The highest BCUT2D eigenvalue weighted by molar-refractivity contribution is 5.91. The van der Waals surface area contributed by atoms with Crippen LogP contribution in [0.1, 0.15) is 34.1 Å².